The number of esters is 1. The summed E-state index contributed by atoms with van der Waals surface area (Å²) in [5.74, 6) is -0.765. The highest BCUT2D eigenvalue weighted by Gasteiger charge is 2.19. The van der Waals surface area contributed by atoms with Crippen molar-refractivity contribution in [2.75, 3.05) is 43.6 Å². The normalized spacial score (nSPS) is 14.0. The molecule has 2 aromatic rings. The molecular formula is C21H27Cl2N3O4. The third-order valence-electron chi connectivity index (χ3n) is 4.69. The van der Waals surface area contributed by atoms with Gasteiger partial charge in [0.15, 0.2) is 0 Å². The molecule has 1 atom stereocenters. The number of nitrogens with two attached hydrogens (primary N) is 1. The number of carbonyl (C=O) groups excluding carboxylic acids is 2. The highest BCUT2D eigenvalue weighted by molar-refractivity contribution is 6.02. The first-order valence-electron chi connectivity index (χ1n) is 9.24. The number of benzene rings is 2. The van der Waals surface area contributed by atoms with E-state index in [0.717, 1.165) is 24.3 Å². The number of rotatable bonds is 6. The zero-order valence-corrected chi connectivity index (χ0v) is 18.3. The van der Waals surface area contributed by atoms with Crippen molar-refractivity contribution in [2.24, 2.45) is 5.73 Å². The fourth-order valence-corrected chi connectivity index (χ4v) is 3.16. The fourth-order valence-electron chi connectivity index (χ4n) is 3.16. The number of carbonyl (C=O) groups is 2. The Morgan fingerprint density at radius 3 is 2.43 bits per heavy atom. The standard InChI is InChI=1S/C21H25N3O4.2ClH/c1-27-21(26)17-13-16(24-9-11-28-12-10-24)7-8-19(17)23-20(25)14-18(22)15-5-3-2-4-6-15;;/h2-8,13,18H,9-12,14,22H2,1H3,(H,23,25);2*1H. The number of halogens is 2. The van der Waals surface area contributed by atoms with Crippen LogP contribution in [0.1, 0.15) is 28.4 Å². The minimum absolute atomic E-state index is 0. The van der Waals surface area contributed by atoms with E-state index < -0.39 is 12.0 Å². The predicted molar refractivity (Wildman–Crippen MR) is 122 cm³/mol. The summed E-state index contributed by atoms with van der Waals surface area (Å²) in [5, 5.41) is 2.79. The van der Waals surface area contributed by atoms with Crippen LogP contribution < -0.4 is 16.0 Å². The first kappa shape index (κ1) is 25.7. The molecule has 0 aliphatic carbocycles. The van der Waals surface area contributed by atoms with E-state index in [4.69, 9.17) is 15.2 Å². The summed E-state index contributed by atoms with van der Waals surface area (Å²) in [6, 6.07) is 14.4. The van der Waals surface area contributed by atoms with Crippen LogP contribution in [0.4, 0.5) is 11.4 Å². The number of methoxy groups -OCH3 is 1. The molecule has 3 rings (SSSR count). The Hall–Kier alpha value is -2.32. The van der Waals surface area contributed by atoms with Crippen LogP contribution in [0.2, 0.25) is 0 Å². The molecule has 1 aliphatic rings. The van der Waals surface area contributed by atoms with E-state index >= 15 is 0 Å². The van der Waals surface area contributed by atoms with Crippen molar-refractivity contribution in [3.63, 3.8) is 0 Å². The number of amides is 1. The second-order valence-electron chi connectivity index (χ2n) is 6.59. The summed E-state index contributed by atoms with van der Waals surface area (Å²) in [6.07, 6.45) is 0.107. The molecule has 1 aliphatic heterocycles. The maximum atomic E-state index is 12.5. The minimum Gasteiger partial charge on any atom is -0.465 e. The lowest BCUT2D eigenvalue weighted by Crippen LogP contribution is -2.36. The molecule has 30 heavy (non-hydrogen) atoms. The van der Waals surface area contributed by atoms with Gasteiger partial charge in [0.2, 0.25) is 5.91 Å². The monoisotopic (exact) mass is 455 g/mol. The van der Waals surface area contributed by atoms with Crippen molar-refractivity contribution in [3.05, 3.63) is 59.7 Å². The van der Waals surface area contributed by atoms with E-state index in [1.807, 2.05) is 36.4 Å². The Bertz CT molecular complexity index is 830. The number of hydrogen-bond donors (Lipinski definition) is 2. The van der Waals surface area contributed by atoms with Crippen LogP contribution in [0.15, 0.2) is 48.5 Å². The van der Waals surface area contributed by atoms with Crippen molar-refractivity contribution in [3.8, 4) is 0 Å². The molecule has 2 aromatic carbocycles. The summed E-state index contributed by atoms with van der Waals surface area (Å²) in [5.41, 5.74) is 8.62. The van der Waals surface area contributed by atoms with Gasteiger partial charge in [-0.05, 0) is 23.8 Å². The quantitative estimate of drug-likeness (QED) is 0.649. The van der Waals surface area contributed by atoms with Gasteiger partial charge in [0.05, 0.1) is 31.6 Å². The number of ether oxygens (including phenoxy) is 2. The molecule has 1 unspecified atom stereocenters. The average Bonchev–Trinajstić information content (AvgIpc) is 2.74. The van der Waals surface area contributed by atoms with Gasteiger partial charge in [-0.1, -0.05) is 30.3 Å². The van der Waals surface area contributed by atoms with E-state index in [2.05, 4.69) is 10.2 Å². The van der Waals surface area contributed by atoms with Crippen molar-refractivity contribution < 1.29 is 19.1 Å². The number of anilines is 2. The summed E-state index contributed by atoms with van der Waals surface area (Å²) in [6.45, 7) is 2.78. The lowest BCUT2D eigenvalue weighted by Gasteiger charge is -2.29. The molecule has 0 radical (unpaired) electrons. The zero-order valence-electron chi connectivity index (χ0n) is 16.7. The van der Waals surface area contributed by atoms with Gasteiger partial charge in [-0.25, -0.2) is 4.79 Å². The average molecular weight is 456 g/mol. The molecule has 0 spiro atoms. The smallest absolute Gasteiger partial charge is 0.340 e. The van der Waals surface area contributed by atoms with Crippen molar-refractivity contribution in [1.82, 2.24) is 0 Å². The molecular weight excluding hydrogens is 429 g/mol. The predicted octanol–water partition coefficient (Wildman–Crippen LogP) is 3.18. The number of morpholine rings is 1. The van der Waals surface area contributed by atoms with Crippen molar-refractivity contribution in [2.45, 2.75) is 12.5 Å². The van der Waals surface area contributed by atoms with E-state index in [0.29, 0.717) is 24.5 Å². The number of nitrogens with one attached hydrogen (secondary N) is 1. The Labute approximate surface area is 188 Å². The first-order chi connectivity index (χ1) is 13.6. The molecule has 1 saturated heterocycles. The van der Waals surface area contributed by atoms with E-state index in [1.54, 1.807) is 12.1 Å². The Balaban J connectivity index is 0.00000225. The molecule has 9 heteroatoms. The van der Waals surface area contributed by atoms with Crippen LogP contribution in [0.3, 0.4) is 0 Å². The fraction of sp³-hybridized carbons (Fsp3) is 0.333. The van der Waals surface area contributed by atoms with Crippen LogP contribution in [0.5, 0.6) is 0 Å². The summed E-state index contributed by atoms with van der Waals surface area (Å²) in [7, 11) is 1.32. The first-order valence-corrected chi connectivity index (χ1v) is 9.24. The van der Waals surface area contributed by atoms with E-state index in [9.17, 15) is 9.59 Å². The molecule has 0 aromatic heterocycles. The lowest BCUT2D eigenvalue weighted by molar-refractivity contribution is -0.116. The molecule has 3 N–H and O–H groups in total. The third kappa shape index (κ3) is 6.60. The lowest BCUT2D eigenvalue weighted by atomic mass is 10.0. The number of nitrogens with zero attached hydrogens (tertiary/aromatic N) is 1. The summed E-state index contributed by atoms with van der Waals surface area (Å²) < 4.78 is 10.3. The SMILES string of the molecule is COC(=O)c1cc(N2CCOCC2)ccc1NC(=O)CC(N)c1ccccc1.Cl.Cl. The third-order valence-corrected chi connectivity index (χ3v) is 4.69. The summed E-state index contributed by atoms with van der Waals surface area (Å²) in [4.78, 5) is 26.9. The molecule has 0 saturated carbocycles. The number of hydrogen-bond acceptors (Lipinski definition) is 6. The largest absolute Gasteiger partial charge is 0.465 e. The van der Waals surface area contributed by atoms with Gasteiger partial charge in [-0.15, -0.1) is 24.8 Å². The molecule has 1 fully saturated rings. The van der Waals surface area contributed by atoms with Gasteiger partial charge < -0.3 is 25.4 Å². The van der Waals surface area contributed by atoms with Gasteiger partial charge >= 0.3 is 5.97 Å². The topological polar surface area (TPSA) is 93.9 Å². The minimum atomic E-state index is -0.502. The van der Waals surface area contributed by atoms with Gasteiger partial charge in [0, 0.05) is 31.2 Å². The maximum Gasteiger partial charge on any atom is 0.340 e. The van der Waals surface area contributed by atoms with Gasteiger partial charge in [-0.2, -0.15) is 0 Å². The van der Waals surface area contributed by atoms with E-state index in [-0.39, 0.29) is 37.1 Å². The van der Waals surface area contributed by atoms with Crippen LogP contribution >= 0.6 is 24.8 Å². The highest BCUT2D eigenvalue weighted by atomic mass is 35.5. The Morgan fingerprint density at radius 1 is 1.13 bits per heavy atom. The second-order valence-corrected chi connectivity index (χ2v) is 6.59. The Morgan fingerprint density at radius 2 is 1.80 bits per heavy atom. The second kappa shape index (κ2) is 12.4. The molecule has 164 valence electrons. The van der Waals surface area contributed by atoms with Crippen LogP contribution in [-0.4, -0.2) is 45.3 Å². The van der Waals surface area contributed by atoms with Crippen LogP contribution in [0.25, 0.3) is 0 Å². The van der Waals surface area contributed by atoms with Gasteiger partial charge in [0.1, 0.15) is 0 Å². The maximum absolute atomic E-state index is 12.5. The van der Waals surface area contributed by atoms with Gasteiger partial charge in [-0.3, -0.25) is 4.79 Å². The molecule has 7 nitrogen and oxygen atoms in total. The Kier molecular flexibility index (Phi) is 10.6. The van der Waals surface area contributed by atoms with Crippen molar-refractivity contribution in [1.29, 1.82) is 0 Å². The van der Waals surface area contributed by atoms with Gasteiger partial charge in [0.25, 0.3) is 0 Å². The summed E-state index contributed by atoms with van der Waals surface area (Å²) >= 11 is 0. The zero-order chi connectivity index (χ0) is 19.9. The van der Waals surface area contributed by atoms with E-state index in [1.165, 1.54) is 7.11 Å². The molecule has 1 heterocycles. The highest BCUT2D eigenvalue weighted by Crippen LogP contribution is 2.25. The van der Waals surface area contributed by atoms with Crippen LogP contribution in [0, 0.1) is 0 Å². The molecule has 1 amide bonds. The molecule has 0 bridgehead atoms. The van der Waals surface area contributed by atoms with Crippen molar-refractivity contribution >= 4 is 48.1 Å². The van der Waals surface area contributed by atoms with Crippen LogP contribution in [-0.2, 0) is 14.3 Å².